The van der Waals surface area contributed by atoms with E-state index in [9.17, 15) is 9.59 Å². The summed E-state index contributed by atoms with van der Waals surface area (Å²) in [5.41, 5.74) is 1.52. The van der Waals surface area contributed by atoms with Crippen LogP contribution in [0.5, 0.6) is 0 Å². The van der Waals surface area contributed by atoms with E-state index >= 15 is 0 Å². The number of rotatable bonds is 4. The van der Waals surface area contributed by atoms with Crippen LogP contribution in [0.15, 0.2) is 23.4 Å². The number of benzene rings is 1. The Morgan fingerprint density at radius 3 is 2.59 bits per heavy atom. The molecule has 0 heterocycles. The van der Waals surface area contributed by atoms with E-state index in [-0.39, 0.29) is 5.71 Å². The van der Waals surface area contributed by atoms with Gasteiger partial charge in [0.1, 0.15) is 7.11 Å². The van der Waals surface area contributed by atoms with Crippen molar-refractivity contribution < 1.29 is 19.2 Å². The fourth-order valence-electron chi connectivity index (χ4n) is 1.49. The molecule has 0 fully saturated rings. The molecule has 90 valence electrons. The van der Waals surface area contributed by atoms with E-state index in [0.29, 0.717) is 17.4 Å². The molecule has 0 unspecified atom stereocenters. The van der Waals surface area contributed by atoms with Crippen molar-refractivity contribution in [1.82, 2.24) is 0 Å². The minimum Gasteiger partial charge on any atom is -0.464 e. The summed E-state index contributed by atoms with van der Waals surface area (Å²) in [5, 5.41) is 3.62. The quantitative estimate of drug-likeness (QED) is 0.342. The molecule has 0 spiro atoms. The number of methoxy groups -OCH3 is 1. The van der Waals surface area contributed by atoms with E-state index in [0.717, 1.165) is 5.56 Å². The molecule has 5 heteroatoms. The molecule has 0 aliphatic rings. The second kappa shape index (κ2) is 5.79. The summed E-state index contributed by atoms with van der Waals surface area (Å²) in [4.78, 5) is 27.1. The van der Waals surface area contributed by atoms with Crippen LogP contribution in [0.1, 0.15) is 21.5 Å². The van der Waals surface area contributed by atoms with Crippen molar-refractivity contribution in [1.29, 1.82) is 0 Å². The molecule has 0 saturated carbocycles. The highest BCUT2D eigenvalue weighted by Gasteiger charge is 2.20. The van der Waals surface area contributed by atoms with Crippen LogP contribution in [0.2, 0.25) is 0 Å². The first-order chi connectivity index (χ1) is 8.15. The molecule has 5 nitrogen and oxygen atoms in total. The largest absolute Gasteiger partial charge is 0.464 e. The van der Waals surface area contributed by atoms with Crippen molar-refractivity contribution in [2.75, 3.05) is 14.2 Å². The maximum absolute atomic E-state index is 11.6. The molecule has 0 aliphatic heterocycles. The number of ether oxygens (including phenoxy) is 1. The highest BCUT2D eigenvalue weighted by atomic mass is 16.6. The van der Waals surface area contributed by atoms with Crippen molar-refractivity contribution >= 4 is 18.0 Å². The number of carbonyl (C=O) groups is 2. The molecular weight excluding hydrogens is 222 g/mol. The van der Waals surface area contributed by atoms with Gasteiger partial charge in [-0.15, -0.1) is 0 Å². The maximum Gasteiger partial charge on any atom is 0.360 e. The fraction of sp³-hybridized carbons (Fsp3) is 0.250. The van der Waals surface area contributed by atoms with Crippen LogP contribution in [0.25, 0.3) is 0 Å². The van der Waals surface area contributed by atoms with E-state index in [4.69, 9.17) is 0 Å². The molecule has 1 rings (SSSR count). The molecule has 0 atom stereocenters. The van der Waals surface area contributed by atoms with Gasteiger partial charge in [-0.05, 0) is 12.5 Å². The van der Waals surface area contributed by atoms with Crippen LogP contribution in [-0.4, -0.2) is 32.2 Å². The van der Waals surface area contributed by atoms with Crippen LogP contribution in [0.3, 0.4) is 0 Å². The number of nitrogens with zero attached hydrogens (tertiary/aromatic N) is 1. The first-order valence-corrected chi connectivity index (χ1v) is 4.90. The molecular formula is C12H13NO4. The third-order valence-electron chi connectivity index (χ3n) is 2.23. The summed E-state index contributed by atoms with van der Waals surface area (Å²) in [6, 6.07) is 5.10. The summed E-state index contributed by atoms with van der Waals surface area (Å²) in [6.07, 6.45) is 0.663. The third-order valence-corrected chi connectivity index (χ3v) is 2.23. The number of esters is 1. The number of aryl methyl sites for hydroxylation is 1. The summed E-state index contributed by atoms with van der Waals surface area (Å²) >= 11 is 0. The molecule has 1 aromatic carbocycles. The lowest BCUT2D eigenvalue weighted by molar-refractivity contribution is -0.132. The Morgan fingerprint density at radius 2 is 2.06 bits per heavy atom. The average Bonchev–Trinajstić information content (AvgIpc) is 2.35. The van der Waals surface area contributed by atoms with Crippen LogP contribution < -0.4 is 0 Å². The molecule has 0 aliphatic carbocycles. The monoisotopic (exact) mass is 235 g/mol. The van der Waals surface area contributed by atoms with Crippen molar-refractivity contribution in [3.8, 4) is 0 Å². The van der Waals surface area contributed by atoms with Gasteiger partial charge in [-0.1, -0.05) is 23.4 Å². The van der Waals surface area contributed by atoms with Crippen LogP contribution in [-0.2, 0) is 14.4 Å². The van der Waals surface area contributed by atoms with E-state index in [1.807, 2.05) is 0 Å². The first-order valence-electron chi connectivity index (χ1n) is 4.90. The SMILES string of the molecule is CO/N=C(\C(=O)OC)c1c(C)cccc1C=O. The number of oxime groups is 1. The second-order valence-corrected chi connectivity index (χ2v) is 3.27. The minimum absolute atomic E-state index is 0.0183. The van der Waals surface area contributed by atoms with E-state index < -0.39 is 5.97 Å². The zero-order valence-electron chi connectivity index (χ0n) is 9.89. The minimum atomic E-state index is -0.649. The fourth-order valence-corrected chi connectivity index (χ4v) is 1.49. The molecule has 0 radical (unpaired) electrons. The Bertz CT molecular complexity index is 466. The lowest BCUT2D eigenvalue weighted by Gasteiger charge is -2.09. The zero-order valence-corrected chi connectivity index (χ0v) is 9.89. The van der Waals surface area contributed by atoms with Gasteiger partial charge >= 0.3 is 5.97 Å². The van der Waals surface area contributed by atoms with E-state index in [1.54, 1.807) is 25.1 Å². The Balaban J connectivity index is 3.42. The average molecular weight is 235 g/mol. The highest BCUT2D eigenvalue weighted by Crippen LogP contribution is 2.15. The molecule has 0 amide bonds. The molecule has 0 aromatic heterocycles. The number of hydrogen-bond donors (Lipinski definition) is 0. The summed E-state index contributed by atoms with van der Waals surface area (Å²) in [5.74, 6) is -0.649. The predicted molar refractivity (Wildman–Crippen MR) is 62.1 cm³/mol. The number of carbonyl (C=O) groups excluding carboxylic acids is 2. The van der Waals surface area contributed by atoms with Gasteiger partial charge in [0.25, 0.3) is 0 Å². The van der Waals surface area contributed by atoms with E-state index in [1.165, 1.54) is 14.2 Å². The van der Waals surface area contributed by atoms with Gasteiger partial charge in [0.15, 0.2) is 12.0 Å². The Labute approximate surface area is 99.0 Å². The van der Waals surface area contributed by atoms with Gasteiger partial charge in [0, 0.05) is 11.1 Å². The summed E-state index contributed by atoms with van der Waals surface area (Å²) in [7, 11) is 2.56. The Kier molecular flexibility index (Phi) is 4.39. The van der Waals surface area contributed by atoms with Gasteiger partial charge in [0.2, 0.25) is 0 Å². The van der Waals surface area contributed by atoms with Crippen molar-refractivity contribution in [3.05, 3.63) is 34.9 Å². The standard InChI is InChI=1S/C12H13NO4/c1-8-5-4-6-9(7-14)10(8)11(13-17-3)12(15)16-2/h4-7H,1-3H3/b13-11-. The smallest absolute Gasteiger partial charge is 0.360 e. The van der Waals surface area contributed by atoms with Crippen molar-refractivity contribution in [2.45, 2.75) is 6.92 Å². The molecule has 17 heavy (non-hydrogen) atoms. The number of aldehydes is 1. The topological polar surface area (TPSA) is 65.0 Å². The van der Waals surface area contributed by atoms with Gasteiger partial charge in [-0.25, -0.2) is 4.79 Å². The van der Waals surface area contributed by atoms with Crippen LogP contribution in [0, 0.1) is 6.92 Å². The second-order valence-electron chi connectivity index (χ2n) is 3.27. The molecule has 0 saturated heterocycles. The third kappa shape index (κ3) is 2.69. The molecule has 0 bridgehead atoms. The summed E-state index contributed by atoms with van der Waals surface area (Å²) < 4.78 is 4.61. The maximum atomic E-state index is 11.6. The normalized spacial score (nSPS) is 10.9. The number of hydrogen-bond acceptors (Lipinski definition) is 5. The lowest BCUT2D eigenvalue weighted by atomic mass is 9.98. The predicted octanol–water partition coefficient (Wildman–Crippen LogP) is 1.33. The van der Waals surface area contributed by atoms with Gasteiger partial charge in [-0.3, -0.25) is 4.79 Å². The Hall–Kier alpha value is -2.17. The van der Waals surface area contributed by atoms with E-state index in [2.05, 4.69) is 14.7 Å². The lowest BCUT2D eigenvalue weighted by Crippen LogP contribution is -2.20. The van der Waals surface area contributed by atoms with Gasteiger partial charge in [-0.2, -0.15) is 0 Å². The highest BCUT2D eigenvalue weighted by molar-refractivity contribution is 6.44. The molecule has 1 aromatic rings. The molecule has 0 N–H and O–H groups in total. The van der Waals surface area contributed by atoms with Gasteiger partial charge in [0.05, 0.1) is 7.11 Å². The first kappa shape index (κ1) is 12.9. The zero-order chi connectivity index (χ0) is 12.8. The van der Waals surface area contributed by atoms with Gasteiger partial charge < -0.3 is 9.57 Å². The van der Waals surface area contributed by atoms with Crippen molar-refractivity contribution in [3.63, 3.8) is 0 Å². The Morgan fingerprint density at radius 1 is 1.35 bits per heavy atom. The van der Waals surface area contributed by atoms with Crippen LogP contribution in [0.4, 0.5) is 0 Å². The summed E-state index contributed by atoms with van der Waals surface area (Å²) in [6.45, 7) is 1.77. The van der Waals surface area contributed by atoms with Crippen LogP contribution >= 0.6 is 0 Å². The van der Waals surface area contributed by atoms with Crippen molar-refractivity contribution in [2.24, 2.45) is 5.16 Å².